The van der Waals surface area contributed by atoms with Crippen molar-refractivity contribution < 1.29 is 4.79 Å². The van der Waals surface area contributed by atoms with Gasteiger partial charge in [0.15, 0.2) is 4.83 Å². The molecule has 0 fully saturated rings. The molecule has 7 heteroatoms. The third kappa shape index (κ3) is 2.03. The van der Waals surface area contributed by atoms with Crippen LogP contribution in [0.1, 0.15) is 23.8 Å². The summed E-state index contributed by atoms with van der Waals surface area (Å²) in [5.41, 5.74) is 5.94. The molecule has 2 aromatic rings. The van der Waals surface area contributed by atoms with Crippen molar-refractivity contribution in [1.82, 2.24) is 15.0 Å². The van der Waals surface area contributed by atoms with Gasteiger partial charge in [-0.2, -0.15) is 0 Å². The van der Waals surface area contributed by atoms with Crippen LogP contribution in [-0.4, -0.2) is 20.9 Å². The predicted octanol–water partition coefficient (Wildman–Crippen LogP) is 0.463. The number of aryl methyl sites for hydroxylation is 1. The lowest BCUT2D eigenvalue weighted by Gasteiger charge is -2.17. The number of fused-ring (bicyclic) bond motifs is 3. The van der Waals surface area contributed by atoms with E-state index < -0.39 is 5.91 Å². The minimum Gasteiger partial charge on any atom is -0.368 e. The zero-order chi connectivity index (χ0) is 13.6. The molecule has 0 saturated carbocycles. The van der Waals surface area contributed by atoms with Gasteiger partial charge >= 0.3 is 0 Å². The van der Waals surface area contributed by atoms with E-state index in [0.717, 1.165) is 29.5 Å². The summed E-state index contributed by atoms with van der Waals surface area (Å²) in [5, 5.41) is 8.45. The number of aromatic nitrogens is 3. The van der Waals surface area contributed by atoms with Crippen LogP contribution in [0.25, 0.3) is 10.2 Å². The lowest BCUT2D eigenvalue weighted by atomic mass is 9.89. The molecule has 1 amide bonds. The number of rotatable bonds is 2. The van der Waals surface area contributed by atoms with Crippen molar-refractivity contribution in [2.75, 3.05) is 0 Å². The molecule has 0 radical (unpaired) electrons. The molecule has 1 atom stereocenters. The summed E-state index contributed by atoms with van der Waals surface area (Å²) in [4.78, 5) is 25.2. The monoisotopic (exact) mass is 278 g/mol. The highest BCUT2D eigenvalue weighted by atomic mass is 32.1. The molecule has 3 rings (SSSR count). The van der Waals surface area contributed by atoms with Crippen LogP contribution in [0, 0.1) is 5.92 Å². The number of nitrogens with two attached hydrogens (primary N) is 1. The van der Waals surface area contributed by atoms with Crippen molar-refractivity contribution in [3.63, 3.8) is 0 Å². The number of nitrogens with zero attached hydrogens (tertiary/aromatic N) is 3. The number of primary amides is 1. The fourth-order valence-electron chi connectivity index (χ4n) is 2.54. The number of hydrogen-bond acceptors (Lipinski definition) is 5. The van der Waals surface area contributed by atoms with Crippen LogP contribution in [0.2, 0.25) is 0 Å². The van der Waals surface area contributed by atoms with Crippen LogP contribution < -0.4 is 11.3 Å². The molecule has 6 nitrogen and oxygen atoms in total. The molecule has 1 aliphatic carbocycles. The molecule has 2 N–H and O–H groups in total. The topological polar surface area (TPSA) is 90.9 Å². The predicted molar refractivity (Wildman–Crippen MR) is 72.1 cm³/mol. The molecule has 0 aromatic carbocycles. The van der Waals surface area contributed by atoms with Crippen LogP contribution in [0.3, 0.4) is 0 Å². The quantitative estimate of drug-likeness (QED) is 0.864. The molecule has 0 aliphatic heterocycles. The van der Waals surface area contributed by atoms with Gasteiger partial charge in [0, 0.05) is 4.88 Å². The SMILES string of the molecule is C[C@H]1CCc2c(sc3nnn(CC(N)=O)c(=O)c23)C1. The van der Waals surface area contributed by atoms with Gasteiger partial charge in [-0.15, -0.1) is 16.4 Å². The average molecular weight is 278 g/mol. The number of amides is 1. The van der Waals surface area contributed by atoms with Gasteiger partial charge in [-0.25, -0.2) is 4.68 Å². The summed E-state index contributed by atoms with van der Waals surface area (Å²) in [6.45, 7) is 1.99. The van der Waals surface area contributed by atoms with Gasteiger partial charge in [0.25, 0.3) is 5.56 Å². The smallest absolute Gasteiger partial charge is 0.279 e. The van der Waals surface area contributed by atoms with E-state index in [1.807, 2.05) is 0 Å². The third-order valence-electron chi connectivity index (χ3n) is 3.49. The van der Waals surface area contributed by atoms with Gasteiger partial charge in [-0.05, 0) is 30.7 Å². The van der Waals surface area contributed by atoms with E-state index in [1.165, 1.54) is 4.88 Å². The first-order valence-electron chi connectivity index (χ1n) is 6.22. The molecular formula is C12H14N4O2S. The lowest BCUT2D eigenvalue weighted by Crippen LogP contribution is -2.31. The Balaban J connectivity index is 2.20. The number of thiophene rings is 1. The molecule has 19 heavy (non-hydrogen) atoms. The Morgan fingerprint density at radius 1 is 1.58 bits per heavy atom. The highest BCUT2D eigenvalue weighted by molar-refractivity contribution is 7.18. The van der Waals surface area contributed by atoms with Gasteiger partial charge < -0.3 is 5.73 Å². The second kappa shape index (κ2) is 4.41. The Morgan fingerprint density at radius 3 is 3.11 bits per heavy atom. The van der Waals surface area contributed by atoms with Crippen molar-refractivity contribution in [3.8, 4) is 0 Å². The molecule has 2 aromatic heterocycles. The number of carbonyl (C=O) groups is 1. The second-order valence-corrected chi connectivity index (χ2v) is 6.13. The van der Waals surface area contributed by atoms with Crippen LogP contribution in [0.5, 0.6) is 0 Å². The molecular weight excluding hydrogens is 264 g/mol. The van der Waals surface area contributed by atoms with Crippen molar-refractivity contribution in [3.05, 3.63) is 20.8 Å². The standard InChI is InChI=1S/C12H14N4O2S/c1-6-2-3-7-8(4-6)19-11-10(7)12(18)16(15-14-11)5-9(13)17/h6H,2-5H2,1H3,(H2,13,17)/t6-/m0/s1. The molecule has 100 valence electrons. The van der Waals surface area contributed by atoms with Crippen LogP contribution in [-0.2, 0) is 24.2 Å². The van der Waals surface area contributed by atoms with Crippen LogP contribution >= 0.6 is 11.3 Å². The van der Waals surface area contributed by atoms with Gasteiger partial charge in [-0.1, -0.05) is 12.1 Å². The van der Waals surface area contributed by atoms with Crippen molar-refractivity contribution >= 4 is 27.5 Å². The largest absolute Gasteiger partial charge is 0.368 e. The highest BCUT2D eigenvalue weighted by Gasteiger charge is 2.23. The zero-order valence-electron chi connectivity index (χ0n) is 10.5. The Hall–Kier alpha value is -1.76. The van der Waals surface area contributed by atoms with E-state index in [1.54, 1.807) is 11.3 Å². The molecule has 0 saturated heterocycles. The Morgan fingerprint density at radius 2 is 2.37 bits per heavy atom. The van der Waals surface area contributed by atoms with Crippen molar-refractivity contribution in [2.24, 2.45) is 11.7 Å². The summed E-state index contributed by atoms with van der Waals surface area (Å²) in [7, 11) is 0. The summed E-state index contributed by atoms with van der Waals surface area (Å²) in [5.74, 6) is 0.0508. The van der Waals surface area contributed by atoms with E-state index in [2.05, 4.69) is 17.2 Å². The average Bonchev–Trinajstić information content (AvgIpc) is 2.70. The first-order chi connectivity index (χ1) is 9.06. The first kappa shape index (κ1) is 12.3. The number of hydrogen-bond donors (Lipinski definition) is 1. The Kier molecular flexibility index (Phi) is 2.85. The molecule has 1 aliphatic rings. The number of carbonyl (C=O) groups excluding carboxylic acids is 1. The van der Waals surface area contributed by atoms with Gasteiger partial charge in [0.05, 0.1) is 5.39 Å². The van der Waals surface area contributed by atoms with E-state index in [0.29, 0.717) is 16.1 Å². The molecule has 0 unspecified atom stereocenters. The van der Waals surface area contributed by atoms with E-state index >= 15 is 0 Å². The zero-order valence-corrected chi connectivity index (χ0v) is 11.4. The second-order valence-electron chi connectivity index (χ2n) is 5.05. The van der Waals surface area contributed by atoms with E-state index in [9.17, 15) is 9.59 Å². The summed E-state index contributed by atoms with van der Waals surface area (Å²) < 4.78 is 1.05. The van der Waals surface area contributed by atoms with Crippen LogP contribution in [0.15, 0.2) is 4.79 Å². The maximum atomic E-state index is 12.3. The Labute approximate surface area is 113 Å². The maximum absolute atomic E-state index is 12.3. The third-order valence-corrected chi connectivity index (χ3v) is 4.63. The highest BCUT2D eigenvalue weighted by Crippen LogP contribution is 2.35. The normalized spacial score (nSPS) is 18.5. The van der Waals surface area contributed by atoms with Gasteiger partial charge in [-0.3, -0.25) is 9.59 Å². The fourth-order valence-corrected chi connectivity index (χ4v) is 3.86. The van der Waals surface area contributed by atoms with E-state index in [-0.39, 0.29) is 12.1 Å². The van der Waals surface area contributed by atoms with Crippen LogP contribution in [0.4, 0.5) is 0 Å². The molecule has 0 spiro atoms. The molecule has 0 bridgehead atoms. The van der Waals surface area contributed by atoms with Gasteiger partial charge in [0.2, 0.25) is 5.91 Å². The van der Waals surface area contributed by atoms with Gasteiger partial charge in [0.1, 0.15) is 6.54 Å². The fraction of sp³-hybridized carbons (Fsp3) is 0.500. The first-order valence-corrected chi connectivity index (χ1v) is 7.04. The summed E-state index contributed by atoms with van der Waals surface area (Å²) in [6, 6.07) is 0. The summed E-state index contributed by atoms with van der Waals surface area (Å²) in [6.07, 6.45) is 2.97. The van der Waals surface area contributed by atoms with Crippen molar-refractivity contribution in [2.45, 2.75) is 32.7 Å². The summed E-state index contributed by atoms with van der Waals surface area (Å²) >= 11 is 1.54. The van der Waals surface area contributed by atoms with E-state index in [4.69, 9.17) is 5.73 Å². The lowest BCUT2D eigenvalue weighted by molar-refractivity contribution is -0.118. The molecule has 2 heterocycles. The Bertz CT molecular complexity index is 718. The minimum absolute atomic E-state index is 0.219. The minimum atomic E-state index is -0.589. The maximum Gasteiger partial charge on any atom is 0.279 e. The van der Waals surface area contributed by atoms with Crippen molar-refractivity contribution in [1.29, 1.82) is 0 Å².